The van der Waals surface area contributed by atoms with E-state index in [-0.39, 0.29) is 12.1 Å². The third-order valence-corrected chi connectivity index (χ3v) is 4.05. The normalized spacial score (nSPS) is 19.2. The van der Waals surface area contributed by atoms with Crippen molar-refractivity contribution < 1.29 is 9.53 Å². The number of fused-ring (bicyclic) bond motifs is 1. The van der Waals surface area contributed by atoms with Gasteiger partial charge in [-0.25, -0.2) is 4.79 Å². The number of nitrogens with zero attached hydrogens (tertiary/aromatic N) is 3. The van der Waals surface area contributed by atoms with Crippen LogP contribution in [0.5, 0.6) is 0 Å². The number of benzene rings is 1. The predicted molar refractivity (Wildman–Crippen MR) is 90.7 cm³/mol. The van der Waals surface area contributed by atoms with Gasteiger partial charge < -0.3 is 14.5 Å². The van der Waals surface area contributed by atoms with Crippen LogP contribution >= 0.6 is 0 Å². The molecule has 1 aliphatic rings. The van der Waals surface area contributed by atoms with Crippen molar-refractivity contribution in [1.82, 2.24) is 15.1 Å². The van der Waals surface area contributed by atoms with Gasteiger partial charge in [0.15, 0.2) is 0 Å². The van der Waals surface area contributed by atoms with Gasteiger partial charge in [-0.2, -0.15) is 5.10 Å². The van der Waals surface area contributed by atoms with E-state index < -0.39 is 5.60 Å². The second kappa shape index (κ2) is 5.76. The molecule has 2 heterocycles. The van der Waals surface area contributed by atoms with Crippen molar-refractivity contribution in [1.29, 1.82) is 0 Å². The second-order valence-corrected chi connectivity index (χ2v) is 7.08. The van der Waals surface area contributed by atoms with Crippen LogP contribution in [0.15, 0.2) is 24.4 Å². The van der Waals surface area contributed by atoms with Crippen molar-refractivity contribution in [3.8, 4) is 0 Å². The van der Waals surface area contributed by atoms with Crippen LogP contribution in [0.4, 0.5) is 10.5 Å². The number of hydrogen-bond acceptors (Lipinski definition) is 4. The SMILES string of the molecule is CC1CN(c2cccc3cn[nH]c23)CCN1C(=O)OC(C)(C)C. The molecule has 23 heavy (non-hydrogen) atoms. The number of rotatable bonds is 1. The van der Waals surface area contributed by atoms with E-state index in [9.17, 15) is 4.79 Å². The summed E-state index contributed by atoms with van der Waals surface area (Å²) in [7, 11) is 0. The van der Waals surface area contributed by atoms with Crippen LogP contribution in [-0.2, 0) is 4.74 Å². The van der Waals surface area contributed by atoms with Gasteiger partial charge in [-0.05, 0) is 33.8 Å². The Morgan fingerprint density at radius 1 is 1.35 bits per heavy atom. The third kappa shape index (κ3) is 3.25. The lowest BCUT2D eigenvalue weighted by atomic mass is 10.1. The lowest BCUT2D eigenvalue weighted by molar-refractivity contribution is 0.0159. The number of hydrogen-bond donors (Lipinski definition) is 1. The molecule has 6 nitrogen and oxygen atoms in total. The Morgan fingerprint density at radius 2 is 2.13 bits per heavy atom. The summed E-state index contributed by atoms with van der Waals surface area (Å²) in [5.74, 6) is 0. The fourth-order valence-electron chi connectivity index (χ4n) is 2.98. The van der Waals surface area contributed by atoms with Crippen LogP contribution in [0.25, 0.3) is 10.9 Å². The highest BCUT2D eigenvalue weighted by atomic mass is 16.6. The Morgan fingerprint density at radius 3 is 2.83 bits per heavy atom. The van der Waals surface area contributed by atoms with Gasteiger partial charge in [0.2, 0.25) is 0 Å². The largest absolute Gasteiger partial charge is 0.444 e. The molecular weight excluding hydrogens is 292 g/mol. The van der Waals surface area contributed by atoms with E-state index in [2.05, 4.69) is 28.1 Å². The number of H-pyrrole nitrogens is 1. The van der Waals surface area contributed by atoms with Crippen LogP contribution < -0.4 is 4.90 Å². The molecule has 0 aliphatic carbocycles. The van der Waals surface area contributed by atoms with E-state index in [1.54, 1.807) is 0 Å². The highest BCUT2D eigenvalue weighted by Gasteiger charge is 2.31. The second-order valence-electron chi connectivity index (χ2n) is 7.08. The van der Waals surface area contributed by atoms with Crippen LogP contribution in [0, 0.1) is 0 Å². The lowest BCUT2D eigenvalue weighted by Gasteiger charge is -2.41. The van der Waals surface area contributed by atoms with Gasteiger partial charge in [-0.3, -0.25) is 5.10 Å². The summed E-state index contributed by atoms with van der Waals surface area (Å²) in [6.07, 6.45) is 1.60. The van der Waals surface area contributed by atoms with Crippen LogP contribution in [0.3, 0.4) is 0 Å². The maximum atomic E-state index is 12.3. The molecule has 1 saturated heterocycles. The fourth-order valence-corrected chi connectivity index (χ4v) is 2.98. The smallest absolute Gasteiger partial charge is 0.410 e. The van der Waals surface area contributed by atoms with Gasteiger partial charge in [-0.15, -0.1) is 0 Å². The van der Waals surface area contributed by atoms with E-state index in [0.29, 0.717) is 6.54 Å². The van der Waals surface area contributed by atoms with Crippen molar-refractivity contribution in [3.05, 3.63) is 24.4 Å². The molecule has 0 spiro atoms. The lowest BCUT2D eigenvalue weighted by Crippen LogP contribution is -2.55. The number of piperazine rings is 1. The summed E-state index contributed by atoms with van der Waals surface area (Å²) < 4.78 is 5.50. The number of ether oxygens (including phenoxy) is 1. The molecule has 1 aromatic heterocycles. The molecule has 3 rings (SSSR count). The Hall–Kier alpha value is -2.24. The Labute approximate surface area is 136 Å². The van der Waals surface area contributed by atoms with E-state index in [4.69, 9.17) is 4.74 Å². The zero-order valence-electron chi connectivity index (χ0n) is 14.2. The number of carbonyl (C=O) groups is 1. The Balaban J connectivity index is 1.74. The number of nitrogens with one attached hydrogen (secondary N) is 1. The summed E-state index contributed by atoms with van der Waals surface area (Å²) in [5, 5.41) is 8.29. The monoisotopic (exact) mass is 316 g/mol. The number of anilines is 1. The number of aromatic nitrogens is 2. The standard InChI is InChI=1S/C17H24N4O2/c1-12-11-20(8-9-21(12)16(22)23-17(2,3)4)14-7-5-6-13-10-18-19-15(13)14/h5-7,10,12H,8-9,11H2,1-4H3,(H,18,19). The summed E-state index contributed by atoms with van der Waals surface area (Å²) in [6.45, 7) is 9.95. The fraction of sp³-hybridized carbons (Fsp3) is 0.529. The molecular formula is C17H24N4O2. The highest BCUT2D eigenvalue weighted by molar-refractivity contribution is 5.90. The first-order valence-corrected chi connectivity index (χ1v) is 8.02. The molecule has 6 heteroatoms. The topological polar surface area (TPSA) is 61.5 Å². The quantitative estimate of drug-likeness (QED) is 0.878. The zero-order valence-corrected chi connectivity index (χ0v) is 14.2. The highest BCUT2D eigenvalue weighted by Crippen LogP contribution is 2.27. The first-order valence-electron chi connectivity index (χ1n) is 8.02. The maximum absolute atomic E-state index is 12.3. The van der Waals surface area contributed by atoms with E-state index in [0.717, 1.165) is 29.7 Å². The number of carbonyl (C=O) groups excluding carboxylic acids is 1. The molecule has 0 radical (unpaired) electrons. The number of amides is 1. The average molecular weight is 316 g/mol. The van der Waals surface area contributed by atoms with Crippen LogP contribution in [0.2, 0.25) is 0 Å². The minimum absolute atomic E-state index is 0.0942. The zero-order chi connectivity index (χ0) is 16.6. The molecule has 1 atom stereocenters. The van der Waals surface area contributed by atoms with Crippen LogP contribution in [0.1, 0.15) is 27.7 Å². The minimum Gasteiger partial charge on any atom is -0.444 e. The summed E-state index contributed by atoms with van der Waals surface area (Å²) in [6, 6.07) is 6.27. The van der Waals surface area contributed by atoms with E-state index >= 15 is 0 Å². The van der Waals surface area contributed by atoms with Crippen LogP contribution in [-0.4, -0.2) is 52.5 Å². The van der Waals surface area contributed by atoms with Gasteiger partial charge in [0, 0.05) is 31.1 Å². The summed E-state index contributed by atoms with van der Waals surface area (Å²) in [5.41, 5.74) is 1.72. The van der Waals surface area contributed by atoms with Gasteiger partial charge in [0.1, 0.15) is 5.60 Å². The van der Waals surface area contributed by atoms with E-state index in [1.807, 2.05) is 44.0 Å². The predicted octanol–water partition coefficient (Wildman–Crippen LogP) is 3.01. The van der Waals surface area contributed by atoms with Crippen molar-refractivity contribution in [2.45, 2.75) is 39.3 Å². The molecule has 1 amide bonds. The third-order valence-electron chi connectivity index (χ3n) is 4.05. The number of aromatic amines is 1. The molecule has 1 aromatic carbocycles. The Kier molecular flexibility index (Phi) is 3.92. The van der Waals surface area contributed by atoms with Gasteiger partial charge >= 0.3 is 6.09 Å². The van der Waals surface area contributed by atoms with Crippen molar-refractivity contribution in [2.24, 2.45) is 0 Å². The van der Waals surface area contributed by atoms with Crippen molar-refractivity contribution >= 4 is 22.7 Å². The molecule has 1 fully saturated rings. The molecule has 1 N–H and O–H groups in total. The minimum atomic E-state index is -0.463. The first-order chi connectivity index (χ1) is 10.8. The van der Waals surface area contributed by atoms with Crippen molar-refractivity contribution in [2.75, 3.05) is 24.5 Å². The molecule has 2 aromatic rings. The van der Waals surface area contributed by atoms with Gasteiger partial charge in [0.25, 0.3) is 0 Å². The molecule has 1 aliphatic heterocycles. The van der Waals surface area contributed by atoms with Gasteiger partial charge in [-0.1, -0.05) is 12.1 Å². The summed E-state index contributed by atoms with van der Waals surface area (Å²) >= 11 is 0. The Bertz CT molecular complexity index is 704. The molecule has 0 saturated carbocycles. The first kappa shape index (κ1) is 15.6. The summed E-state index contributed by atoms with van der Waals surface area (Å²) in [4.78, 5) is 16.4. The number of para-hydroxylation sites is 1. The molecule has 1 unspecified atom stereocenters. The molecule has 124 valence electrons. The molecule has 0 bridgehead atoms. The maximum Gasteiger partial charge on any atom is 0.410 e. The van der Waals surface area contributed by atoms with Gasteiger partial charge in [0.05, 0.1) is 17.4 Å². The van der Waals surface area contributed by atoms with Crippen molar-refractivity contribution in [3.63, 3.8) is 0 Å². The average Bonchev–Trinajstić information content (AvgIpc) is 2.93. The van der Waals surface area contributed by atoms with E-state index in [1.165, 1.54) is 0 Å².